The van der Waals surface area contributed by atoms with Gasteiger partial charge in [0, 0.05) is 22.0 Å². The van der Waals surface area contributed by atoms with Crippen LogP contribution in [-0.2, 0) is 0 Å². The van der Waals surface area contributed by atoms with E-state index in [0.717, 1.165) is 21.7 Å². The lowest BCUT2D eigenvalue weighted by Crippen LogP contribution is -2.00. The Kier molecular flexibility index (Phi) is 4.57. The van der Waals surface area contributed by atoms with Gasteiger partial charge in [-0.3, -0.25) is 0 Å². The van der Waals surface area contributed by atoms with Crippen molar-refractivity contribution in [3.05, 3.63) is 70.3 Å². The van der Waals surface area contributed by atoms with Crippen LogP contribution in [0, 0.1) is 13.8 Å². The van der Waals surface area contributed by atoms with Gasteiger partial charge in [0.15, 0.2) is 0 Å². The molecule has 23 heavy (non-hydrogen) atoms. The van der Waals surface area contributed by atoms with Crippen molar-refractivity contribution in [3.8, 4) is 0 Å². The standard InChI is InChI=1S/C18H17BrN4/c1-12-4-3-5-14(10-12)21-17-8-9-20-18(23-17)22-15-7-6-13(2)16(19)11-15/h3-11H,1-2H3,(H2,20,21,22,23). The second-order valence-corrected chi connectivity index (χ2v) is 6.20. The Labute approximate surface area is 144 Å². The van der Waals surface area contributed by atoms with E-state index in [-0.39, 0.29) is 0 Å². The predicted octanol–water partition coefficient (Wildman–Crippen LogP) is 5.34. The molecule has 0 saturated carbocycles. The molecule has 116 valence electrons. The van der Waals surface area contributed by atoms with E-state index in [2.05, 4.69) is 62.5 Å². The maximum atomic E-state index is 4.50. The second-order valence-electron chi connectivity index (χ2n) is 5.35. The SMILES string of the molecule is Cc1cccc(Nc2ccnc(Nc3ccc(C)c(Br)c3)n2)c1. The van der Waals surface area contributed by atoms with Gasteiger partial charge in [0.05, 0.1) is 0 Å². The molecule has 5 heteroatoms. The van der Waals surface area contributed by atoms with Gasteiger partial charge in [-0.05, 0) is 55.3 Å². The highest BCUT2D eigenvalue weighted by atomic mass is 79.9. The number of nitrogens with one attached hydrogen (secondary N) is 2. The molecule has 1 aromatic heterocycles. The zero-order valence-corrected chi connectivity index (χ0v) is 14.6. The van der Waals surface area contributed by atoms with Crippen LogP contribution in [0.1, 0.15) is 11.1 Å². The quantitative estimate of drug-likeness (QED) is 0.652. The number of anilines is 4. The molecule has 0 aliphatic heterocycles. The number of hydrogen-bond acceptors (Lipinski definition) is 4. The van der Waals surface area contributed by atoms with Crippen molar-refractivity contribution in [1.82, 2.24) is 9.97 Å². The van der Waals surface area contributed by atoms with Gasteiger partial charge in [0.25, 0.3) is 0 Å². The Hall–Kier alpha value is -2.40. The number of halogens is 1. The Bertz CT molecular complexity index is 833. The van der Waals surface area contributed by atoms with Crippen LogP contribution in [0.3, 0.4) is 0 Å². The van der Waals surface area contributed by atoms with E-state index in [4.69, 9.17) is 0 Å². The van der Waals surface area contributed by atoms with E-state index in [1.165, 1.54) is 11.1 Å². The van der Waals surface area contributed by atoms with Gasteiger partial charge in [-0.15, -0.1) is 0 Å². The molecule has 0 radical (unpaired) electrons. The van der Waals surface area contributed by atoms with Gasteiger partial charge in [0.1, 0.15) is 5.82 Å². The largest absolute Gasteiger partial charge is 0.340 e. The van der Waals surface area contributed by atoms with Gasteiger partial charge in [-0.25, -0.2) is 4.98 Å². The van der Waals surface area contributed by atoms with Gasteiger partial charge in [0.2, 0.25) is 5.95 Å². The third-order valence-electron chi connectivity index (χ3n) is 3.37. The molecule has 0 spiro atoms. The van der Waals surface area contributed by atoms with Gasteiger partial charge in [-0.1, -0.05) is 34.1 Å². The highest BCUT2D eigenvalue weighted by molar-refractivity contribution is 9.10. The van der Waals surface area contributed by atoms with Crippen molar-refractivity contribution in [1.29, 1.82) is 0 Å². The molecule has 0 fully saturated rings. The molecule has 0 amide bonds. The Morgan fingerprint density at radius 2 is 1.74 bits per heavy atom. The summed E-state index contributed by atoms with van der Waals surface area (Å²) in [6, 6.07) is 16.1. The van der Waals surface area contributed by atoms with Crippen molar-refractivity contribution < 1.29 is 0 Å². The highest BCUT2D eigenvalue weighted by Gasteiger charge is 2.03. The van der Waals surface area contributed by atoms with Crippen LogP contribution in [0.5, 0.6) is 0 Å². The Morgan fingerprint density at radius 1 is 0.913 bits per heavy atom. The zero-order chi connectivity index (χ0) is 16.2. The number of benzene rings is 2. The Balaban J connectivity index is 1.78. The zero-order valence-electron chi connectivity index (χ0n) is 13.0. The van der Waals surface area contributed by atoms with Crippen molar-refractivity contribution in [2.75, 3.05) is 10.6 Å². The summed E-state index contributed by atoms with van der Waals surface area (Å²) in [6.07, 6.45) is 1.73. The molecule has 2 N–H and O–H groups in total. The van der Waals surface area contributed by atoms with Crippen molar-refractivity contribution in [2.45, 2.75) is 13.8 Å². The molecule has 0 aliphatic rings. The van der Waals surface area contributed by atoms with Gasteiger partial charge < -0.3 is 10.6 Å². The normalized spacial score (nSPS) is 10.4. The van der Waals surface area contributed by atoms with E-state index in [1.807, 2.05) is 36.4 Å². The van der Waals surface area contributed by atoms with Crippen molar-refractivity contribution in [2.24, 2.45) is 0 Å². The summed E-state index contributed by atoms with van der Waals surface area (Å²) in [7, 11) is 0. The minimum atomic E-state index is 0.554. The second kappa shape index (κ2) is 6.79. The predicted molar refractivity (Wildman–Crippen MR) is 98.7 cm³/mol. The van der Waals surface area contributed by atoms with Gasteiger partial charge in [-0.2, -0.15) is 4.98 Å². The van der Waals surface area contributed by atoms with Crippen molar-refractivity contribution >= 4 is 39.1 Å². The minimum absolute atomic E-state index is 0.554. The van der Waals surface area contributed by atoms with Crippen LogP contribution in [0.25, 0.3) is 0 Å². The number of aromatic nitrogens is 2. The summed E-state index contributed by atoms with van der Waals surface area (Å²) in [6.45, 7) is 4.12. The summed E-state index contributed by atoms with van der Waals surface area (Å²) in [5.74, 6) is 1.30. The lowest BCUT2D eigenvalue weighted by atomic mass is 10.2. The fourth-order valence-corrected chi connectivity index (χ4v) is 2.54. The maximum absolute atomic E-state index is 4.50. The lowest BCUT2D eigenvalue weighted by molar-refractivity contribution is 1.16. The van der Waals surface area contributed by atoms with E-state index < -0.39 is 0 Å². The lowest BCUT2D eigenvalue weighted by Gasteiger charge is -2.09. The van der Waals surface area contributed by atoms with Crippen LogP contribution in [-0.4, -0.2) is 9.97 Å². The van der Waals surface area contributed by atoms with E-state index in [1.54, 1.807) is 6.20 Å². The van der Waals surface area contributed by atoms with Crippen molar-refractivity contribution in [3.63, 3.8) is 0 Å². The summed E-state index contributed by atoms with van der Waals surface area (Å²) in [5, 5.41) is 6.51. The first-order chi connectivity index (χ1) is 11.1. The molecule has 0 bridgehead atoms. The summed E-state index contributed by atoms with van der Waals surface area (Å²) in [4.78, 5) is 8.76. The van der Waals surface area contributed by atoms with Gasteiger partial charge >= 0.3 is 0 Å². The summed E-state index contributed by atoms with van der Waals surface area (Å²) >= 11 is 3.53. The maximum Gasteiger partial charge on any atom is 0.229 e. The molecule has 2 aromatic carbocycles. The summed E-state index contributed by atoms with van der Waals surface area (Å²) < 4.78 is 1.05. The first-order valence-corrected chi connectivity index (χ1v) is 8.09. The highest BCUT2D eigenvalue weighted by Crippen LogP contribution is 2.23. The van der Waals surface area contributed by atoms with E-state index >= 15 is 0 Å². The average Bonchev–Trinajstić information content (AvgIpc) is 2.51. The fraction of sp³-hybridized carbons (Fsp3) is 0.111. The third-order valence-corrected chi connectivity index (χ3v) is 4.23. The molecular formula is C18H17BrN4. The van der Waals surface area contributed by atoms with E-state index in [0.29, 0.717) is 5.95 Å². The number of aryl methyl sites for hydroxylation is 2. The monoisotopic (exact) mass is 368 g/mol. The molecule has 0 unspecified atom stereocenters. The molecule has 0 saturated heterocycles. The molecule has 3 rings (SSSR count). The molecule has 0 atom stereocenters. The molecule has 4 nitrogen and oxygen atoms in total. The molecular weight excluding hydrogens is 352 g/mol. The van der Waals surface area contributed by atoms with E-state index in [9.17, 15) is 0 Å². The molecule has 1 heterocycles. The van der Waals surface area contributed by atoms with Crippen LogP contribution in [0.2, 0.25) is 0 Å². The minimum Gasteiger partial charge on any atom is -0.340 e. The molecule has 0 aliphatic carbocycles. The van der Waals surface area contributed by atoms with Crippen LogP contribution >= 0.6 is 15.9 Å². The fourth-order valence-electron chi connectivity index (χ4n) is 2.16. The average molecular weight is 369 g/mol. The number of rotatable bonds is 4. The first kappa shape index (κ1) is 15.5. The number of nitrogens with zero attached hydrogens (tertiary/aromatic N) is 2. The third kappa shape index (κ3) is 4.07. The Morgan fingerprint density at radius 3 is 2.52 bits per heavy atom. The topological polar surface area (TPSA) is 49.8 Å². The number of hydrogen-bond donors (Lipinski definition) is 2. The van der Waals surface area contributed by atoms with Crippen LogP contribution < -0.4 is 10.6 Å². The summed E-state index contributed by atoms with van der Waals surface area (Å²) in [5.41, 5.74) is 4.33. The smallest absolute Gasteiger partial charge is 0.229 e. The first-order valence-electron chi connectivity index (χ1n) is 7.30. The van der Waals surface area contributed by atoms with Crippen LogP contribution in [0.15, 0.2) is 59.2 Å². The molecule has 3 aromatic rings. The van der Waals surface area contributed by atoms with Crippen LogP contribution in [0.4, 0.5) is 23.1 Å².